The Kier molecular flexibility index (Phi) is 2.90. The lowest BCUT2D eigenvalue weighted by molar-refractivity contribution is 0.801. The fourth-order valence-corrected chi connectivity index (χ4v) is 2.75. The lowest BCUT2D eigenvalue weighted by Crippen LogP contribution is -2.12. The molecular formula is C10H14BrN2P. The van der Waals surface area contributed by atoms with E-state index in [0.29, 0.717) is 11.8 Å². The van der Waals surface area contributed by atoms with E-state index in [0.717, 1.165) is 15.7 Å². The normalized spacial score (nSPS) is 16.4. The molecule has 0 N–H and O–H groups in total. The topological polar surface area (TPSA) is 25.8 Å². The van der Waals surface area contributed by atoms with Crippen LogP contribution >= 0.6 is 25.2 Å². The van der Waals surface area contributed by atoms with Gasteiger partial charge in [-0.25, -0.2) is 9.97 Å². The molecule has 0 spiro atoms. The van der Waals surface area contributed by atoms with E-state index in [1.165, 1.54) is 18.5 Å². The molecule has 0 aliphatic heterocycles. The summed E-state index contributed by atoms with van der Waals surface area (Å²) < 4.78 is 1.13. The van der Waals surface area contributed by atoms with E-state index < -0.39 is 0 Å². The first-order valence-electron chi connectivity index (χ1n) is 4.92. The van der Waals surface area contributed by atoms with Crippen molar-refractivity contribution < 1.29 is 0 Å². The van der Waals surface area contributed by atoms with E-state index in [-0.39, 0.29) is 0 Å². The number of aromatic nitrogens is 2. The highest BCUT2D eigenvalue weighted by molar-refractivity contribution is 9.10. The number of halogens is 1. The molecule has 1 aliphatic carbocycles. The van der Waals surface area contributed by atoms with Crippen LogP contribution in [0.15, 0.2) is 4.47 Å². The van der Waals surface area contributed by atoms with Crippen molar-refractivity contribution in [1.29, 1.82) is 0 Å². The van der Waals surface area contributed by atoms with E-state index in [1.54, 1.807) is 0 Å². The predicted molar refractivity (Wildman–Crippen MR) is 65.1 cm³/mol. The molecule has 2 nitrogen and oxygen atoms in total. The van der Waals surface area contributed by atoms with Crippen molar-refractivity contribution in [1.82, 2.24) is 9.97 Å². The van der Waals surface area contributed by atoms with Crippen LogP contribution in [0.2, 0.25) is 0 Å². The second-order valence-corrected chi connectivity index (χ2v) is 5.40. The molecule has 14 heavy (non-hydrogen) atoms. The van der Waals surface area contributed by atoms with Gasteiger partial charge in [0, 0.05) is 5.92 Å². The molecule has 0 bridgehead atoms. The van der Waals surface area contributed by atoms with Gasteiger partial charge in [0.05, 0.1) is 15.9 Å². The molecule has 0 saturated heterocycles. The third-order valence-corrected chi connectivity index (χ3v) is 3.50. The third kappa shape index (κ3) is 1.99. The SMILES string of the molecule is CC(C)c1nc(P)nc(C2CC2)c1Br. The van der Waals surface area contributed by atoms with Crippen molar-refractivity contribution in [3.05, 3.63) is 15.9 Å². The van der Waals surface area contributed by atoms with Gasteiger partial charge in [-0.2, -0.15) is 0 Å². The fraction of sp³-hybridized carbons (Fsp3) is 0.600. The maximum atomic E-state index is 4.48. The Morgan fingerprint density at radius 1 is 1.36 bits per heavy atom. The van der Waals surface area contributed by atoms with Crippen LogP contribution in [-0.4, -0.2) is 9.97 Å². The van der Waals surface area contributed by atoms with E-state index in [1.807, 2.05) is 0 Å². The van der Waals surface area contributed by atoms with Gasteiger partial charge in [0.2, 0.25) is 0 Å². The van der Waals surface area contributed by atoms with Gasteiger partial charge in [-0.05, 0) is 34.7 Å². The monoisotopic (exact) mass is 272 g/mol. The summed E-state index contributed by atoms with van der Waals surface area (Å²) in [5, 5.41) is 0. The summed E-state index contributed by atoms with van der Waals surface area (Å²) in [6, 6.07) is 0. The van der Waals surface area contributed by atoms with Crippen LogP contribution in [-0.2, 0) is 0 Å². The highest BCUT2D eigenvalue weighted by Crippen LogP contribution is 2.43. The molecule has 1 atom stereocenters. The molecule has 1 unspecified atom stereocenters. The molecule has 1 fully saturated rings. The second kappa shape index (κ2) is 3.86. The molecule has 1 aromatic heterocycles. The van der Waals surface area contributed by atoms with Crippen LogP contribution in [0.25, 0.3) is 0 Å². The summed E-state index contributed by atoms with van der Waals surface area (Å²) in [6.07, 6.45) is 2.55. The number of hydrogen-bond donors (Lipinski definition) is 0. The molecule has 1 aromatic rings. The zero-order valence-corrected chi connectivity index (χ0v) is 11.2. The average Bonchev–Trinajstić information content (AvgIpc) is 2.91. The molecule has 4 heteroatoms. The Hall–Kier alpha value is -0.0100. The molecule has 0 amide bonds. The first kappa shape index (κ1) is 10.5. The largest absolute Gasteiger partial charge is 0.233 e. The Bertz CT molecular complexity index is 338. The summed E-state index contributed by atoms with van der Waals surface area (Å²) >= 11 is 3.62. The lowest BCUT2D eigenvalue weighted by atomic mass is 10.1. The lowest BCUT2D eigenvalue weighted by Gasteiger charge is -2.11. The molecule has 1 aliphatic rings. The van der Waals surface area contributed by atoms with Gasteiger partial charge in [-0.1, -0.05) is 23.1 Å². The maximum absolute atomic E-state index is 4.48. The molecule has 0 radical (unpaired) electrons. The zero-order valence-electron chi connectivity index (χ0n) is 8.42. The molecule has 2 rings (SSSR count). The number of rotatable bonds is 2. The molecule has 0 aromatic carbocycles. The van der Waals surface area contributed by atoms with Gasteiger partial charge in [0.1, 0.15) is 5.57 Å². The van der Waals surface area contributed by atoms with Gasteiger partial charge >= 0.3 is 0 Å². The zero-order chi connectivity index (χ0) is 10.3. The first-order chi connectivity index (χ1) is 6.59. The third-order valence-electron chi connectivity index (χ3n) is 2.43. The van der Waals surface area contributed by atoms with Gasteiger partial charge in [0.25, 0.3) is 0 Å². The van der Waals surface area contributed by atoms with Crippen molar-refractivity contribution in [3.8, 4) is 0 Å². The van der Waals surface area contributed by atoms with E-state index in [9.17, 15) is 0 Å². The van der Waals surface area contributed by atoms with Crippen molar-refractivity contribution in [2.45, 2.75) is 38.5 Å². The quantitative estimate of drug-likeness (QED) is 0.774. The Morgan fingerprint density at radius 3 is 2.50 bits per heavy atom. The standard InChI is InChI=1S/C10H14BrN2P/c1-5(2)8-7(11)9(6-3-4-6)13-10(14)12-8/h5-6H,3-4,14H2,1-2H3. The van der Waals surface area contributed by atoms with Gasteiger partial charge in [0.15, 0.2) is 0 Å². The van der Waals surface area contributed by atoms with E-state index in [2.05, 4.69) is 49.0 Å². The van der Waals surface area contributed by atoms with Crippen LogP contribution in [0.1, 0.15) is 49.9 Å². The first-order valence-corrected chi connectivity index (χ1v) is 6.29. The minimum absolute atomic E-state index is 0.448. The van der Waals surface area contributed by atoms with Gasteiger partial charge in [-0.3, -0.25) is 0 Å². The van der Waals surface area contributed by atoms with E-state index >= 15 is 0 Å². The van der Waals surface area contributed by atoms with Crippen molar-refractivity contribution in [2.24, 2.45) is 0 Å². The Balaban J connectivity index is 2.49. The fourth-order valence-electron chi connectivity index (χ4n) is 1.51. The van der Waals surface area contributed by atoms with Crippen LogP contribution in [0.3, 0.4) is 0 Å². The van der Waals surface area contributed by atoms with Crippen molar-refractivity contribution in [3.63, 3.8) is 0 Å². The van der Waals surface area contributed by atoms with E-state index in [4.69, 9.17) is 0 Å². The Morgan fingerprint density at radius 2 is 2.00 bits per heavy atom. The predicted octanol–water partition coefficient (Wildman–Crippen LogP) is 2.74. The summed E-state index contributed by atoms with van der Waals surface area (Å²) in [7, 11) is 2.60. The summed E-state index contributed by atoms with van der Waals surface area (Å²) in [5.41, 5.74) is 3.15. The highest BCUT2D eigenvalue weighted by atomic mass is 79.9. The molecule has 1 heterocycles. The van der Waals surface area contributed by atoms with Crippen LogP contribution in [0, 0.1) is 0 Å². The van der Waals surface area contributed by atoms with Gasteiger partial charge < -0.3 is 0 Å². The Labute approximate surface area is 95.3 Å². The summed E-state index contributed by atoms with van der Waals surface area (Å²) in [6.45, 7) is 4.32. The summed E-state index contributed by atoms with van der Waals surface area (Å²) in [4.78, 5) is 8.93. The van der Waals surface area contributed by atoms with Crippen molar-refractivity contribution in [2.75, 3.05) is 0 Å². The number of nitrogens with zero attached hydrogens (tertiary/aromatic N) is 2. The van der Waals surface area contributed by atoms with Gasteiger partial charge in [-0.15, -0.1) is 0 Å². The van der Waals surface area contributed by atoms with Crippen LogP contribution < -0.4 is 5.57 Å². The minimum Gasteiger partial charge on any atom is -0.233 e. The van der Waals surface area contributed by atoms with Crippen LogP contribution in [0.4, 0.5) is 0 Å². The average molecular weight is 273 g/mol. The molecular weight excluding hydrogens is 259 g/mol. The number of hydrogen-bond acceptors (Lipinski definition) is 2. The molecule has 1 saturated carbocycles. The molecule has 76 valence electrons. The van der Waals surface area contributed by atoms with Crippen LogP contribution in [0.5, 0.6) is 0 Å². The smallest absolute Gasteiger partial charge is 0.145 e. The van der Waals surface area contributed by atoms with Crippen molar-refractivity contribution >= 4 is 30.7 Å². The highest BCUT2D eigenvalue weighted by Gasteiger charge is 2.29. The maximum Gasteiger partial charge on any atom is 0.145 e. The second-order valence-electron chi connectivity index (χ2n) is 4.10. The minimum atomic E-state index is 0.448. The summed E-state index contributed by atoms with van der Waals surface area (Å²) in [5.74, 6) is 1.12.